The molecule has 5 nitrogen and oxygen atoms in total. The Morgan fingerprint density at radius 1 is 1.09 bits per heavy atom. The molecule has 2 aromatic carbocycles. The SMILES string of the molecule is Cc1ccc(Nc2c(NS(=O)C3CC3c3ccc(F)cc3F)cc(C)c(=O)n2C)c(Cl)c1. The van der Waals surface area contributed by atoms with Crippen LogP contribution in [-0.4, -0.2) is 14.0 Å². The number of anilines is 3. The van der Waals surface area contributed by atoms with Gasteiger partial charge < -0.3 is 10.0 Å². The van der Waals surface area contributed by atoms with Crippen molar-refractivity contribution in [1.29, 1.82) is 0 Å². The summed E-state index contributed by atoms with van der Waals surface area (Å²) in [5.41, 5.74) is 2.68. The van der Waals surface area contributed by atoms with E-state index in [0.717, 1.165) is 11.6 Å². The van der Waals surface area contributed by atoms with E-state index in [1.807, 2.05) is 13.0 Å². The van der Waals surface area contributed by atoms with Gasteiger partial charge in [-0.2, -0.15) is 0 Å². The van der Waals surface area contributed by atoms with Crippen molar-refractivity contribution in [2.24, 2.45) is 7.05 Å². The first-order valence-corrected chi connectivity index (χ1v) is 11.6. The molecule has 168 valence electrons. The van der Waals surface area contributed by atoms with Crippen molar-refractivity contribution < 1.29 is 13.0 Å². The highest BCUT2D eigenvalue weighted by molar-refractivity contribution is 7.87. The molecule has 3 unspecified atom stereocenters. The van der Waals surface area contributed by atoms with Crippen molar-refractivity contribution in [1.82, 2.24) is 4.57 Å². The number of hydrogen-bond donors (Lipinski definition) is 2. The second-order valence-electron chi connectivity index (χ2n) is 8.01. The van der Waals surface area contributed by atoms with Gasteiger partial charge in [-0.15, -0.1) is 0 Å². The fourth-order valence-electron chi connectivity index (χ4n) is 3.69. The molecule has 1 heterocycles. The van der Waals surface area contributed by atoms with Crippen molar-refractivity contribution in [3.63, 3.8) is 0 Å². The Balaban J connectivity index is 1.61. The number of rotatable bonds is 6. The molecule has 3 atom stereocenters. The first kappa shape index (κ1) is 22.5. The minimum absolute atomic E-state index is 0.204. The van der Waals surface area contributed by atoms with Gasteiger partial charge in [0, 0.05) is 24.6 Å². The Bertz CT molecular complexity index is 1290. The number of hydrogen-bond acceptors (Lipinski definition) is 3. The summed E-state index contributed by atoms with van der Waals surface area (Å²) in [5.74, 6) is -1.14. The average molecular weight is 478 g/mol. The summed E-state index contributed by atoms with van der Waals surface area (Å²) >= 11 is 6.34. The lowest BCUT2D eigenvalue weighted by Crippen LogP contribution is -2.24. The molecule has 32 heavy (non-hydrogen) atoms. The molecule has 0 bridgehead atoms. The molecule has 1 saturated carbocycles. The maximum Gasteiger partial charge on any atom is 0.254 e. The second-order valence-corrected chi connectivity index (χ2v) is 9.82. The number of aromatic nitrogens is 1. The largest absolute Gasteiger partial charge is 0.339 e. The zero-order valence-corrected chi connectivity index (χ0v) is 19.3. The minimum Gasteiger partial charge on any atom is -0.339 e. The van der Waals surface area contributed by atoms with Crippen LogP contribution in [0.25, 0.3) is 0 Å². The summed E-state index contributed by atoms with van der Waals surface area (Å²) in [5, 5.41) is 3.31. The summed E-state index contributed by atoms with van der Waals surface area (Å²) < 4.78 is 44.7. The molecular formula is C23H22ClF2N3O2S. The molecule has 3 aromatic rings. The fraction of sp³-hybridized carbons (Fsp3) is 0.261. The van der Waals surface area contributed by atoms with Crippen molar-refractivity contribution in [3.05, 3.63) is 86.2 Å². The van der Waals surface area contributed by atoms with E-state index in [-0.39, 0.29) is 16.7 Å². The lowest BCUT2D eigenvalue weighted by molar-refractivity contribution is 0.572. The Morgan fingerprint density at radius 3 is 2.53 bits per heavy atom. The highest BCUT2D eigenvalue weighted by Crippen LogP contribution is 2.46. The topological polar surface area (TPSA) is 63.1 Å². The van der Waals surface area contributed by atoms with Gasteiger partial charge in [0.05, 0.1) is 21.6 Å². The first-order valence-electron chi connectivity index (χ1n) is 10.0. The number of pyridine rings is 1. The van der Waals surface area contributed by atoms with Gasteiger partial charge in [0.25, 0.3) is 5.56 Å². The van der Waals surface area contributed by atoms with Crippen molar-refractivity contribution in [3.8, 4) is 0 Å². The molecular weight excluding hydrogens is 456 g/mol. The number of nitrogens with zero attached hydrogens (tertiary/aromatic N) is 1. The van der Waals surface area contributed by atoms with E-state index in [1.54, 1.807) is 32.2 Å². The number of nitrogens with one attached hydrogen (secondary N) is 2. The summed E-state index contributed by atoms with van der Waals surface area (Å²) in [6, 6.07) is 10.6. The van der Waals surface area contributed by atoms with Gasteiger partial charge >= 0.3 is 0 Å². The minimum atomic E-state index is -1.56. The van der Waals surface area contributed by atoms with E-state index in [1.165, 1.54) is 16.7 Å². The summed E-state index contributed by atoms with van der Waals surface area (Å²) in [7, 11) is 0.0578. The van der Waals surface area contributed by atoms with E-state index in [4.69, 9.17) is 11.6 Å². The zero-order valence-electron chi connectivity index (χ0n) is 17.7. The predicted molar refractivity (Wildman–Crippen MR) is 125 cm³/mol. The van der Waals surface area contributed by atoms with Crippen LogP contribution in [0.1, 0.15) is 29.0 Å². The normalized spacial score (nSPS) is 18.3. The summed E-state index contributed by atoms with van der Waals surface area (Å²) in [4.78, 5) is 12.5. The van der Waals surface area contributed by atoms with E-state index in [2.05, 4.69) is 10.0 Å². The van der Waals surface area contributed by atoms with Crippen LogP contribution in [0, 0.1) is 25.5 Å². The van der Waals surface area contributed by atoms with Crippen LogP contribution in [0.5, 0.6) is 0 Å². The molecule has 0 aliphatic heterocycles. The van der Waals surface area contributed by atoms with Gasteiger partial charge in [-0.1, -0.05) is 23.7 Å². The fourth-order valence-corrected chi connectivity index (χ4v) is 5.33. The number of benzene rings is 2. The monoisotopic (exact) mass is 477 g/mol. The molecule has 1 fully saturated rings. The van der Waals surface area contributed by atoms with Crippen LogP contribution >= 0.6 is 11.6 Å². The van der Waals surface area contributed by atoms with Crippen LogP contribution in [0.2, 0.25) is 5.02 Å². The van der Waals surface area contributed by atoms with Gasteiger partial charge in [0.15, 0.2) is 0 Å². The molecule has 0 radical (unpaired) electrons. The van der Waals surface area contributed by atoms with Gasteiger partial charge in [0.2, 0.25) is 0 Å². The standard InChI is InChI=1S/C23H22ClF2N3O2S/c1-12-4-7-19(17(24)8-12)27-22-20(9-13(2)23(30)29(22)3)28-32(31)21-11-16(21)15-6-5-14(25)10-18(15)26/h4-10,16,21,27-28H,11H2,1-3H3. The third-order valence-electron chi connectivity index (χ3n) is 5.55. The quantitative estimate of drug-likeness (QED) is 0.505. The molecule has 1 aromatic heterocycles. The van der Waals surface area contributed by atoms with Crippen LogP contribution < -0.4 is 15.6 Å². The molecule has 0 spiro atoms. The molecule has 1 aliphatic rings. The van der Waals surface area contributed by atoms with Crippen molar-refractivity contribution >= 4 is 39.8 Å². The predicted octanol–water partition coefficient (Wildman–Crippen LogP) is 5.31. The highest BCUT2D eigenvalue weighted by Gasteiger charge is 2.45. The second kappa shape index (κ2) is 8.67. The van der Waals surface area contributed by atoms with Crippen molar-refractivity contribution in [2.45, 2.75) is 31.4 Å². The third kappa shape index (κ3) is 4.42. The number of aryl methyl sites for hydroxylation is 2. The molecule has 9 heteroatoms. The number of halogens is 3. The Kier molecular flexibility index (Phi) is 6.09. The average Bonchev–Trinajstić information content (AvgIpc) is 3.51. The molecule has 4 rings (SSSR count). The van der Waals surface area contributed by atoms with Gasteiger partial charge in [-0.25, -0.2) is 13.0 Å². The Labute approximate surface area is 192 Å². The molecule has 1 aliphatic carbocycles. The maximum atomic E-state index is 14.1. The van der Waals surface area contributed by atoms with Gasteiger partial charge in [0.1, 0.15) is 28.4 Å². The molecule has 0 saturated heterocycles. The lowest BCUT2D eigenvalue weighted by Gasteiger charge is -2.18. The first-order chi connectivity index (χ1) is 15.2. The summed E-state index contributed by atoms with van der Waals surface area (Å²) in [6.07, 6.45) is 0.513. The molecule has 0 amide bonds. The van der Waals surface area contributed by atoms with Crippen LogP contribution in [0.4, 0.5) is 26.0 Å². The maximum absolute atomic E-state index is 14.1. The summed E-state index contributed by atoms with van der Waals surface area (Å²) in [6.45, 7) is 3.59. The zero-order chi connectivity index (χ0) is 23.2. The lowest BCUT2D eigenvalue weighted by atomic mass is 10.1. The van der Waals surface area contributed by atoms with E-state index in [0.29, 0.717) is 39.8 Å². The van der Waals surface area contributed by atoms with Gasteiger partial charge in [-0.05, 0) is 55.7 Å². The Morgan fingerprint density at radius 2 is 1.84 bits per heavy atom. The van der Waals surface area contributed by atoms with E-state index in [9.17, 15) is 17.8 Å². The Hall–Kier alpha value is -2.71. The highest BCUT2D eigenvalue weighted by atomic mass is 35.5. The van der Waals surface area contributed by atoms with Crippen LogP contribution in [0.15, 0.2) is 47.3 Å². The molecule has 2 N–H and O–H groups in total. The van der Waals surface area contributed by atoms with Gasteiger partial charge in [-0.3, -0.25) is 9.36 Å². The smallest absolute Gasteiger partial charge is 0.254 e. The van der Waals surface area contributed by atoms with Crippen LogP contribution in [-0.2, 0) is 18.0 Å². The third-order valence-corrected chi connectivity index (χ3v) is 7.36. The van der Waals surface area contributed by atoms with E-state index < -0.39 is 22.6 Å². The van der Waals surface area contributed by atoms with Crippen LogP contribution in [0.3, 0.4) is 0 Å². The van der Waals surface area contributed by atoms with Crippen molar-refractivity contribution in [2.75, 3.05) is 10.0 Å². The van der Waals surface area contributed by atoms with E-state index >= 15 is 0 Å².